The Morgan fingerprint density at radius 2 is 2.08 bits per heavy atom. The minimum atomic E-state index is -0.0271. The van der Waals surface area contributed by atoms with Crippen molar-refractivity contribution in [3.8, 4) is 0 Å². The fraction of sp³-hybridized carbons (Fsp3) is 0.381. The number of hydrogen-bond acceptors (Lipinski definition) is 4. The summed E-state index contributed by atoms with van der Waals surface area (Å²) in [7, 11) is 0. The zero-order valence-electron chi connectivity index (χ0n) is 15.4. The Labute approximate surface area is 154 Å². The van der Waals surface area contributed by atoms with Crippen LogP contribution in [0.25, 0.3) is 0 Å². The lowest BCUT2D eigenvalue weighted by Crippen LogP contribution is -2.48. The van der Waals surface area contributed by atoms with Gasteiger partial charge >= 0.3 is 0 Å². The number of nitrogens with zero attached hydrogens (tertiary/aromatic N) is 2. The molecule has 5 heteroatoms. The molecule has 1 fully saturated rings. The van der Waals surface area contributed by atoms with E-state index in [9.17, 15) is 9.59 Å². The van der Waals surface area contributed by atoms with Crippen LogP contribution in [-0.2, 0) is 4.79 Å². The normalized spacial score (nSPS) is 17.2. The van der Waals surface area contributed by atoms with Gasteiger partial charge in [-0.05, 0) is 37.1 Å². The second-order valence-electron chi connectivity index (χ2n) is 6.83. The van der Waals surface area contributed by atoms with Crippen LogP contribution >= 0.6 is 0 Å². The topological polar surface area (TPSA) is 62.3 Å². The van der Waals surface area contributed by atoms with Crippen molar-refractivity contribution in [1.82, 2.24) is 15.2 Å². The van der Waals surface area contributed by atoms with Gasteiger partial charge in [-0.2, -0.15) is 0 Å². The van der Waals surface area contributed by atoms with Gasteiger partial charge in [0.1, 0.15) is 0 Å². The fourth-order valence-corrected chi connectivity index (χ4v) is 3.41. The summed E-state index contributed by atoms with van der Waals surface area (Å²) in [5.41, 5.74) is 3.77. The summed E-state index contributed by atoms with van der Waals surface area (Å²) in [6.45, 7) is 6.04. The second-order valence-corrected chi connectivity index (χ2v) is 6.83. The number of benzene rings is 1. The van der Waals surface area contributed by atoms with Crippen molar-refractivity contribution in [2.24, 2.45) is 0 Å². The average Bonchev–Trinajstić information content (AvgIpc) is 2.68. The molecule has 1 aliphatic heterocycles. The molecule has 0 saturated carbocycles. The molecule has 0 bridgehead atoms. The van der Waals surface area contributed by atoms with Gasteiger partial charge in [-0.3, -0.25) is 14.6 Å². The van der Waals surface area contributed by atoms with E-state index in [2.05, 4.69) is 10.3 Å². The van der Waals surface area contributed by atoms with Crippen LogP contribution in [0.4, 0.5) is 0 Å². The number of pyridine rings is 1. The lowest BCUT2D eigenvalue weighted by atomic mass is 9.98. The maximum absolute atomic E-state index is 12.8. The molecule has 1 aromatic carbocycles. The van der Waals surface area contributed by atoms with E-state index in [-0.39, 0.29) is 30.6 Å². The Kier molecular flexibility index (Phi) is 5.78. The van der Waals surface area contributed by atoms with Crippen molar-refractivity contribution in [2.75, 3.05) is 19.6 Å². The third-order valence-corrected chi connectivity index (χ3v) is 4.89. The second kappa shape index (κ2) is 8.23. The summed E-state index contributed by atoms with van der Waals surface area (Å²) in [6.07, 6.45) is 4.02. The monoisotopic (exact) mass is 351 g/mol. The first-order chi connectivity index (χ1) is 12.6. The Balaban J connectivity index is 1.66. The average molecular weight is 351 g/mol. The van der Waals surface area contributed by atoms with Crippen LogP contribution in [0.1, 0.15) is 45.9 Å². The quantitative estimate of drug-likeness (QED) is 0.842. The zero-order chi connectivity index (χ0) is 18.5. The molecule has 2 heterocycles. The van der Waals surface area contributed by atoms with Gasteiger partial charge in [0.05, 0.1) is 6.04 Å². The van der Waals surface area contributed by atoms with Crippen LogP contribution in [0.2, 0.25) is 0 Å². The number of carbonyl (C=O) groups excluding carboxylic acids is 2. The highest BCUT2D eigenvalue weighted by Gasteiger charge is 2.28. The number of nitrogens with one attached hydrogen (secondary N) is 1. The molecular weight excluding hydrogens is 326 g/mol. The molecule has 3 rings (SSSR count). The molecule has 0 aliphatic carbocycles. The number of amides is 1. The molecule has 1 amide bonds. The van der Waals surface area contributed by atoms with Gasteiger partial charge in [0, 0.05) is 50.4 Å². The highest BCUT2D eigenvalue weighted by Crippen LogP contribution is 2.23. The number of piperazine rings is 1. The fourth-order valence-electron chi connectivity index (χ4n) is 3.41. The van der Waals surface area contributed by atoms with Crippen molar-refractivity contribution in [3.63, 3.8) is 0 Å². The third kappa shape index (κ3) is 4.17. The van der Waals surface area contributed by atoms with E-state index in [0.29, 0.717) is 13.1 Å². The minimum Gasteiger partial charge on any atom is -0.333 e. The smallest absolute Gasteiger partial charge is 0.223 e. The van der Waals surface area contributed by atoms with Crippen molar-refractivity contribution < 1.29 is 9.59 Å². The van der Waals surface area contributed by atoms with E-state index in [1.54, 1.807) is 12.4 Å². The van der Waals surface area contributed by atoms with E-state index in [0.717, 1.165) is 28.8 Å². The lowest BCUT2D eigenvalue weighted by Gasteiger charge is -2.36. The predicted molar refractivity (Wildman–Crippen MR) is 101 cm³/mol. The summed E-state index contributed by atoms with van der Waals surface area (Å²) in [5, 5.41) is 3.33. The first kappa shape index (κ1) is 18.3. The van der Waals surface area contributed by atoms with Crippen LogP contribution < -0.4 is 5.32 Å². The van der Waals surface area contributed by atoms with E-state index in [4.69, 9.17) is 0 Å². The number of carbonyl (C=O) groups is 2. The molecule has 0 radical (unpaired) electrons. The maximum atomic E-state index is 12.8. The molecule has 0 spiro atoms. The summed E-state index contributed by atoms with van der Waals surface area (Å²) >= 11 is 0. The van der Waals surface area contributed by atoms with Gasteiger partial charge in [-0.15, -0.1) is 0 Å². The first-order valence-electron chi connectivity index (χ1n) is 9.07. The van der Waals surface area contributed by atoms with Crippen LogP contribution in [0, 0.1) is 13.8 Å². The Morgan fingerprint density at radius 3 is 2.85 bits per heavy atom. The molecule has 1 N–H and O–H groups in total. The first-order valence-corrected chi connectivity index (χ1v) is 9.07. The number of hydrogen-bond donors (Lipinski definition) is 1. The van der Waals surface area contributed by atoms with Crippen LogP contribution in [0.5, 0.6) is 0 Å². The Bertz CT molecular complexity index is 789. The molecule has 2 aromatic rings. The number of ketones is 1. The molecule has 136 valence electrons. The Morgan fingerprint density at radius 1 is 1.23 bits per heavy atom. The lowest BCUT2D eigenvalue weighted by molar-refractivity contribution is -0.134. The minimum absolute atomic E-state index is 0.0269. The van der Waals surface area contributed by atoms with Crippen molar-refractivity contribution >= 4 is 11.7 Å². The number of aryl methyl sites for hydroxylation is 2. The van der Waals surface area contributed by atoms with E-state index >= 15 is 0 Å². The van der Waals surface area contributed by atoms with Crippen molar-refractivity contribution in [3.05, 3.63) is 65.0 Å². The standard InChI is InChI=1S/C21H25N3O2/c1-15-5-6-16(2)18(12-15)20(25)7-8-21(26)24-11-10-23-14-19(24)17-4-3-9-22-13-17/h3-6,9,12-13,19,23H,7-8,10-11,14H2,1-2H3. The van der Waals surface area contributed by atoms with Crippen LogP contribution in [0.3, 0.4) is 0 Å². The van der Waals surface area contributed by atoms with Gasteiger partial charge < -0.3 is 10.2 Å². The van der Waals surface area contributed by atoms with E-state index in [1.165, 1.54) is 0 Å². The molecule has 1 saturated heterocycles. The van der Waals surface area contributed by atoms with Crippen LogP contribution in [0.15, 0.2) is 42.7 Å². The highest BCUT2D eigenvalue weighted by atomic mass is 16.2. The number of aromatic nitrogens is 1. The van der Waals surface area contributed by atoms with Gasteiger partial charge in [0.15, 0.2) is 5.78 Å². The molecule has 1 unspecified atom stereocenters. The van der Waals surface area contributed by atoms with Crippen molar-refractivity contribution in [2.45, 2.75) is 32.7 Å². The van der Waals surface area contributed by atoms with E-state index < -0.39 is 0 Å². The zero-order valence-corrected chi connectivity index (χ0v) is 15.4. The highest BCUT2D eigenvalue weighted by molar-refractivity contribution is 5.99. The summed E-state index contributed by atoms with van der Waals surface area (Å²) in [5.74, 6) is 0.0617. The molecule has 1 atom stereocenters. The van der Waals surface area contributed by atoms with Gasteiger partial charge in [0.25, 0.3) is 0 Å². The predicted octanol–water partition coefficient (Wildman–Crippen LogP) is 2.83. The maximum Gasteiger partial charge on any atom is 0.223 e. The largest absolute Gasteiger partial charge is 0.333 e. The third-order valence-electron chi connectivity index (χ3n) is 4.89. The van der Waals surface area contributed by atoms with E-state index in [1.807, 2.05) is 49.1 Å². The molecular formula is C21H25N3O2. The molecule has 1 aromatic heterocycles. The summed E-state index contributed by atoms with van der Waals surface area (Å²) in [6, 6.07) is 9.71. The Hall–Kier alpha value is -2.53. The molecule has 5 nitrogen and oxygen atoms in total. The molecule has 26 heavy (non-hydrogen) atoms. The van der Waals surface area contributed by atoms with Crippen LogP contribution in [-0.4, -0.2) is 41.2 Å². The van der Waals surface area contributed by atoms with Gasteiger partial charge in [-0.1, -0.05) is 23.8 Å². The molecule has 1 aliphatic rings. The van der Waals surface area contributed by atoms with Gasteiger partial charge in [0.2, 0.25) is 5.91 Å². The summed E-state index contributed by atoms with van der Waals surface area (Å²) < 4.78 is 0. The number of rotatable bonds is 5. The number of Topliss-reactive ketones (excluding diaryl/α,β-unsaturated/α-hetero) is 1. The SMILES string of the molecule is Cc1ccc(C)c(C(=O)CCC(=O)N2CCNCC2c2cccnc2)c1. The summed E-state index contributed by atoms with van der Waals surface area (Å²) in [4.78, 5) is 31.4. The van der Waals surface area contributed by atoms with Gasteiger partial charge in [-0.25, -0.2) is 0 Å². The van der Waals surface area contributed by atoms with Crippen molar-refractivity contribution in [1.29, 1.82) is 0 Å².